The van der Waals surface area contributed by atoms with E-state index in [4.69, 9.17) is 15.0 Å². The molecule has 4 amide bonds. The molecule has 3 aliphatic rings. The lowest BCUT2D eigenvalue weighted by atomic mass is 9.66. The Kier molecular flexibility index (Phi) is 4.06. The van der Waals surface area contributed by atoms with Gasteiger partial charge in [-0.1, -0.05) is 5.16 Å². The number of carbonyl (C=O) groups is 3. The molecule has 0 saturated carbocycles. The molecule has 0 radical (unpaired) electrons. The van der Waals surface area contributed by atoms with Gasteiger partial charge in [0.2, 0.25) is 29.2 Å². The number of nitrogen functional groups attached to an aromatic ring is 1. The van der Waals surface area contributed by atoms with Crippen molar-refractivity contribution in [3.05, 3.63) is 23.8 Å². The Morgan fingerprint density at radius 1 is 1.24 bits per heavy atom. The number of anilines is 2. The summed E-state index contributed by atoms with van der Waals surface area (Å²) in [5.74, 6) is -2.10. The molecule has 5 heterocycles. The molecule has 2 aromatic heterocycles. The van der Waals surface area contributed by atoms with Crippen molar-refractivity contribution in [2.24, 2.45) is 5.41 Å². The van der Waals surface area contributed by atoms with Gasteiger partial charge in [0.05, 0.1) is 29.3 Å². The predicted molar refractivity (Wildman–Crippen MR) is 112 cm³/mol. The van der Waals surface area contributed by atoms with Crippen LogP contribution in [0.5, 0.6) is 0 Å². The Labute approximate surface area is 190 Å². The van der Waals surface area contributed by atoms with E-state index in [1.54, 1.807) is 17.9 Å². The fraction of sp³-hybridized carbons (Fsp3) is 0.400. The third-order valence-electron chi connectivity index (χ3n) is 6.72. The molecular formula is C20H19FN8O5. The zero-order valence-corrected chi connectivity index (χ0v) is 18.0. The first-order valence-electron chi connectivity index (χ1n) is 10.6. The second-order valence-electron chi connectivity index (χ2n) is 8.75. The summed E-state index contributed by atoms with van der Waals surface area (Å²) in [5.41, 5.74) is 4.53. The largest absolute Gasteiger partial charge is 0.372 e. The number of imide groups is 2. The number of rotatable bonds is 1. The number of morpholine rings is 1. The summed E-state index contributed by atoms with van der Waals surface area (Å²) in [5, 5.41) is 12.6. The number of barbiturate groups is 1. The maximum Gasteiger partial charge on any atom is 0.328 e. The molecule has 176 valence electrons. The van der Waals surface area contributed by atoms with E-state index in [1.165, 1.54) is 11.0 Å². The number of hydrogen-bond acceptors (Lipinski definition) is 10. The van der Waals surface area contributed by atoms with E-state index in [0.29, 0.717) is 5.56 Å². The Hall–Kier alpha value is -4.07. The van der Waals surface area contributed by atoms with Crippen LogP contribution in [-0.2, 0) is 20.7 Å². The molecule has 0 bridgehead atoms. The molecule has 3 aromatic rings. The minimum Gasteiger partial charge on any atom is -0.372 e. The van der Waals surface area contributed by atoms with Crippen molar-refractivity contribution < 1.29 is 28.0 Å². The summed E-state index contributed by atoms with van der Waals surface area (Å²) >= 11 is 0. The van der Waals surface area contributed by atoms with Gasteiger partial charge in [0.25, 0.3) is 0 Å². The van der Waals surface area contributed by atoms with E-state index in [2.05, 4.69) is 25.9 Å². The highest BCUT2D eigenvalue weighted by atomic mass is 19.1. The van der Waals surface area contributed by atoms with Crippen LogP contribution in [0.4, 0.5) is 20.8 Å². The molecule has 3 atom stereocenters. The molecule has 1 spiro atoms. The van der Waals surface area contributed by atoms with Crippen molar-refractivity contribution >= 4 is 40.5 Å². The Morgan fingerprint density at radius 2 is 1.97 bits per heavy atom. The van der Waals surface area contributed by atoms with Gasteiger partial charge in [0.1, 0.15) is 6.33 Å². The van der Waals surface area contributed by atoms with Gasteiger partial charge in [-0.05, 0) is 25.5 Å². The van der Waals surface area contributed by atoms with Gasteiger partial charge >= 0.3 is 6.03 Å². The second-order valence-corrected chi connectivity index (χ2v) is 8.75. The number of hydrogen-bond donors (Lipinski definition) is 3. The first kappa shape index (κ1) is 20.5. The van der Waals surface area contributed by atoms with Crippen LogP contribution in [0.2, 0.25) is 0 Å². The van der Waals surface area contributed by atoms with Gasteiger partial charge in [-0.25, -0.2) is 9.18 Å². The van der Waals surface area contributed by atoms with Crippen LogP contribution >= 0.6 is 0 Å². The van der Waals surface area contributed by atoms with Crippen LogP contribution in [0.1, 0.15) is 19.4 Å². The number of carbonyl (C=O) groups excluding carboxylic acids is 3. The predicted octanol–water partition coefficient (Wildman–Crippen LogP) is 0.0205. The zero-order valence-electron chi connectivity index (χ0n) is 18.0. The number of urea groups is 1. The molecule has 6 rings (SSSR count). The number of benzene rings is 1. The quantitative estimate of drug-likeness (QED) is 0.412. The van der Waals surface area contributed by atoms with Crippen LogP contribution in [0.25, 0.3) is 16.8 Å². The maximum atomic E-state index is 16.0. The van der Waals surface area contributed by atoms with Crippen LogP contribution in [0.3, 0.4) is 0 Å². The first-order chi connectivity index (χ1) is 16.2. The van der Waals surface area contributed by atoms with Gasteiger partial charge in [-0.3, -0.25) is 20.2 Å². The summed E-state index contributed by atoms with van der Waals surface area (Å²) in [7, 11) is 0. The van der Waals surface area contributed by atoms with E-state index >= 15 is 4.39 Å². The summed E-state index contributed by atoms with van der Waals surface area (Å²) in [6.07, 6.45) is 0.0905. The normalized spacial score (nSPS) is 25.8. The highest BCUT2D eigenvalue weighted by Gasteiger charge is 2.63. The number of halogens is 1. The lowest BCUT2D eigenvalue weighted by Crippen LogP contribution is -2.75. The van der Waals surface area contributed by atoms with Crippen molar-refractivity contribution in [3.63, 3.8) is 0 Å². The number of ether oxygens (including phenoxy) is 1. The number of fused-ring (bicyclic) bond motifs is 5. The van der Waals surface area contributed by atoms with Crippen molar-refractivity contribution in [2.45, 2.75) is 38.5 Å². The maximum absolute atomic E-state index is 16.0. The summed E-state index contributed by atoms with van der Waals surface area (Å²) in [4.78, 5) is 43.8. The number of nitrogens with two attached hydrogens (primary N) is 1. The van der Waals surface area contributed by atoms with Crippen molar-refractivity contribution in [1.29, 1.82) is 0 Å². The molecule has 3 aliphatic heterocycles. The second kappa shape index (κ2) is 6.72. The van der Waals surface area contributed by atoms with Crippen LogP contribution in [0.15, 0.2) is 16.9 Å². The molecule has 34 heavy (non-hydrogen) atoms. The minimum atomic E-state index is -1.73. The molecule has 1 aromatic carbocycles. The van der Waals surface area contributed by atoms with Gasteiger partial charge in [0, 0.05) is 13.0 Å². The Balaban J connectivity index is 1.61. The SMILES string of the molecule is C[C@@H]1CN2c3c(cc4c(-n5ncnc5N)noc4c3F)CC3(C(=O)NC(=O)NC3=O)[C@H]2[C@H](C)O1. The molecule has 0 aliphatic carbocycles. The van der Waals surface area contributed by atoms with Crippen molar-refractivity contribution in [1.82, 2.24) is 30.6 Å². The highest BCUT2D eigenvalue weighted by molar-refractivity contribution is 6.20. The Morgan fingerprint density at radius 3 is 2.65 bits per heavy atom. The fourth-order valence-corrected chi connectivity index (χ4v) is 5.50. The van der Waals surface area contributed by atoms with E-state index in [1.807, 2.05) is 6.92 Å². The van der Waals surface area contributed by atoms with Crippen molar-refractivity contribution in [3.8, 4) is 5.82 Å². The van der Waals surface area contributed by atoms with E-state index in [9.17, 15) is 14.4 Å². The molecule has 2 saturated heterocycles. The average molecular weight is 470 g/mol. The molecular weight excluding hydrogens is 451 g/mol. The molecule has 0 unspecified atom stereocenters. The van der Waals surface area contributed by atoms with Crippen molar-refractivity contribution in [2.75, 3.05) is 17.2 Å². The standard InChI is InChI=1S/C20H19FN8O5/c1-7-5-28-12-9(3-10-13(11(12)21)34-27-15(10)29-18(22)23-6-24-29)4-20(14(28)8(2)33-7)16(30)25-19(32)26-17(20)31/h3,6-8,14H,4-5H2,1-2H3,(H2,22,23,24)(H2,25,26,30,31,32)/t7-,8+,14-/m1/s1. The summed E-state index contributed by atoms with van der Waals surface area (Å²) in [6, 6.07) is -0.176. The first-order valence-corrected chi connectivity index (χ1v) is 10.6. The lowest BCUT2D eigenvalue weighted by Gasteiger charge is -2.55. The zero-order chi connectivity index (χ0) is 23.9. The third-order valence-corrected chi connectivity index (χ3v) is 6.72. The number of nitrogens with zero attached hydrogens (tertiary/aromatic N) is 5. The molecule has 13 nitrogen and oxygen atoms in total. The van der Waals surface area contributed by atoms with E-state index in [-0.39, 0.29) is 47.5 Å². The molecule has 2 fully saturated rings. The lowest BCUT2D eigenvalue weighted by molar-refractivity contribution is -0.153. The number of amides is 4. The smallest absolute Gasteiger partial charge is 0.328 e. The summed E-state index contributed by atoms with van der Waals surface area (Å²) < 4.78 is 28.4. The van der Waals surface area contributed by atoms with E-state index < -0.39 is 41.2 Å². The average Bonchev–Trinajstić information content (AvgIpc) is 3.37. The summed E-state index contributed by atoms with van der Waals surface area (Å²) in [6.45, 7) is 3.74. The van der Waals surface area contributed by atoms with Gasteiger partial charge in [0.15, 0.2) is 11.2 Å². The van der Waals surface area contributed by atoms with Gasteiger partial charge in [-0.15, -0.1) is 0 Å². The van der Waals surface area contributed by atoms with Crippen LogP contribution < -0.4 is 21.3 Å². The third kappa shape index (κ3) is 2.50. The minimum absolute atomic E-state index is 0.0187. The Bertz CT molecular complexity index is 1380. The van der Waals surface area contributed by atoms with Crippen LogP contribution in [0, 0.1) is 11.2 Å². The molecule has 14 heteroatoms. The fourth-order valence-electron chi connectivity index (χ4n) is 5.50. The number of nitrogens with one attached hydrogen (secondary N) is 2. The van der Waals surface area contributed by atoms with Crippen LogP contribution in [-0.4, -0.2) is 62.6 Å². The monoisotopic (exact) mass is 470 g/mol. The molecule has 4 N–H and O–H groups in total. The van der Waals surface area contributed by atoms with Gasteiger partial charge < -0.3 is 19.9 Å². The van der Waals surface area contributed by atoms with Gasteiger partial charge in [-0.2, -0.15) is 14.8 Å². The topological polar surface area (TPSA) is 170 Å². The van der Waals surface area contributed by atoms with E-state index in [0.717, 1.165) is 0 Å². The highest BCUT2D eigenvalue weighted by Crippen LogP contribution is 2.49. The number of aromatic nitrogens is 4.